The van der Waals surface area contributed by atoms with E-state index in [0.717, 1.165) is 26.7 Å². The quantitative estimate of drug-likeness (QED) is 0.899. The van der Waals surface area contributed by atoms with Gasteiger partial charge in [0.15, 0.2) is 11.5 Å². The molecule has 0 saturated carbocycles. The van der Waals surface area contributed by atoms with Gasteiger partial charge in [0.2, 0.25) is 0 Å². The van der Waals surface area contributed by atoms with Crippen molar-refractivity contribution in [1.29, 1.82) is 0 Å². The van der Waals surface area contributed by atoms with Crippen LogP contribution in [-0.4, -0.2) is 19.3 Å². The van der Waals surface area contributed by atoms with Crippen LogP contribution in [0.4, 0.5) is 0 Å². The molecule has 3 nitrogen and oxygen atoms in total. The van der Waals surface area contributed by atoms with Crippen molar-refractivity contribution in [2.75, 3.05) is 14.2 Å². The van der Waals surface area contributed by atoms with Crippen LogP contribution in [0.2, 0.25) is 0 Å². The van der Waals surface area contributed by atoms with Gasteiger partial charge in [-0.15, -0.1) is 0 Å². The molecule has 2 aromatic rings. The average molecular weight is 351 g/mol. The van der Waals surface area contributed by atoms with Crippen molar-refractivity contribution in [2.45, 2.75) is 20.0 Å². The molecule has 0 aliphatic heterocycles. The van der Waals surface area contributed by atoms with Crippen molar-refractivity contribution in [3.8, 4) is 11.5 Å². The van der Waals surface area contributed by atoms with Crippen LogP contribution in [0.15, 0.2) is 34.8 Å². The van der Waals surface area contributed by atoms with Crippen LogP contribution in [0.25, 0.3) is 0 Å². The van der Waals surface area contributed by atoms with Crippen LogP contribution in [0.3, 0.4) is 0 Å². The number of aryl methyl sites for hydroxylation is 2. The first-order valence-electron chi connectivity index (χ1n) is 6.64. The second-order valence-electron chi connectivity index (χ2n) is 4.97. The standard InChI is InChI=1S/C17H19BrO3/c1-10-7-12(18)5-6-13(10)17(19)14-9-16(21-4)15(20-3)8-11(14)2/h5-9,17,19H,1-4H3. The molecule has 1 atom stereocenters. The molecule has 0 heterocycles. The average Bonchev–Trinajstić information content (AvgIpc) is 2.46. The molecule has 2 aromatic carbocycles. The summed E-state index contributed by atoms with van der Waals surface area (Å²) in [5.74, 6) is 1.28. The molecule has 2 rings (SSSR count). The number of hydrogen-bond donors (Lipinski definition) is 1. The molecule has 21 heavy (non-hydrogen) atoms. The lowest BCUT2D eigenvalue weighted by molar-refractivity contribution is 0.218. The number of aliphatic hydroxyl groups excluding tert-OH is 1. The van der Waals surface area contributed by atoms with Crippen LogP contribution < -0.4 is 9.47 Å². The zero-order valence-corrected chi connectivity index (χ0v) is 14.2. The van der Waals surface area contributed by atoms with E-state index in [0.29, 0.717) is 11.5 Å². The van der Waals surface area contributed by atoms with Crippen molar-refractivity contribution in [1.82, 2.24) is 0 Å². The fourth-order valence-electron chi connectivity index (χ4n) is 2.40. The van der Waals surface area contributed by atoms with Gasteiger partial charge in [-0.1, -0.05) is 22.0 Å². The van der Waals surface area contributed by atoms with E-state index in [1.807, 2.05) is 44.2 Å². The Morgan fingerprint density at radius 1 is 0.905 bits per heavy atom. The summed E-state index contributed by atoms with van der Waals surface area (Å²) in [6.45, 7) is 3.94. The molecule has 0 fully saturated rings. The Balaban J connectivity index is 2.50. The summed E-state index contributed by atoms with van der Waals surface area (Å²) >= 11 is 3.44. The van der Waals surface area contributed by atoms with Gasteiger partial charge < -0.3 is 14.6 Å². The van der Waals surface area contributed by atoms with Crippen LogP contribution in [0, 0.1) is 13.8 Å². The van der Waals surface area contributed by atoms with Gasteiger partial charge in [-0.2, -0.15) is 0 Å². The number of aliphatic hydroxyl groups is 1. The lowest BCUT2D eigenvalue weighted by Gasteiger charge is -2.19. The molecule has 0 radical (unpaired) electrons. The second kappa shape index (κ2) is 6.50. The summed E-state index contributed by atoms with van der Waals surface area (Å²) in [6.07, 6.45) is -0.696. The van der Waals surface area contributed by atoms with Gasteiger partial charge in [0.05, 0.1) is 14.2 Å². The fourth-order valence-corrected chi connectivity index (χ4v) is 2.88. The van der Waals surface area contributed by atoms with Crippen molar-refractivity contribution in [3.63, 3.8) is 0 Å². The van der Waals surface area contributed by atoms with E-state index in [1.165, 1.54) is 0 Å². The SMILES string of the molecule is COc1cc(C)c(C(O)c2ccc(Br)cc2C)cc1OC. The smallest absolute Gasteiger partial charge is 0.161 e. The second-order valence-corrected chi connectivity index (χ2v) is 5.88. The van der Waals surface area contributed by atoms with E-state index >= 15 is 0 Å². The highest BCUT2D eigenvalue weighted by Crippen LogP contribution is 2.36. The maximum Gasteiger partial charge on any atom is 0.161 e. The molecule has 112 valence electrons. The first-order chi connectivity index (χ1) is 9.97. The third-order valence-electron chi connectivity index (χ3n) is 3.59. The number of rotatable bonds is 4. The van der Waals surface area contributed by atoms with E-state index in [4.69, 9.17) is 9.47 Å². The third-order valence-corrected chi connectivity index (χ3v) is 4.09. The van der Waals surface area contributed by atoms with Gasteiger partial charge in [0.1, 0.15) is 6.10 Å². The molecule has 1 unspecified atom stereocenters. The van der Waals surface area contributed by atoms with Crippen molar-refractivity contribution < 1.29 is 14.6 Å². The monoisotopic (exact) mass is 350 g/mol. The molecule has 0 bridgehead atoms. The van der Waals surface area contributed by atoms with Crippen LogP contribution in [0.5, 0.6) is 11.5 Å². The number of halogens is 1. The van der Waals surface area contributed by atoms with Gasteiger partial charge in [-0.3, -0.25) is 0 Å². The highest BCUT2D eigenvalue weighted by Gasteiger charge is 2.18. The lowest BCUT2D eigenvalue weighted by atomic mass is 9.94. The first-order valence-corrected chi connectivity index (χ1v) is 7.44. The summed E-state index contributed by atoms with van der Waals surface area (Å²) in [6, 6.07) is 9.57. The Hall–Kier alpha value is -1.52. The number of methoxy groups -OCH3 is 2. The summed E-state index contributed by atoms with van der Waals surface area (Å²) < 4.78 is 11.6. The maximum atomic E-state index is 10.7. The number of ether oxygens (including phenoxy) is 2. The Kier molecular flexibility index (Phi) is 4.91. The van der Waals surface area contributed by atoms with E-state index in [2.05, 4.69) is 15.9 Å². The molecular formula is C17H19BrO3. The predicted octanol–water partition coefficient (Wildman–Crippen LogP) is 4.16. The molecule has 0 amide bonds. The number of benzene rings is 2. The summed E-state index contributed by atoms with van der Waals surface area (Å²) in [7, 11) is 3.19. The first kappa shape index (κ1) is 15.9. The molecular weight excluding hydrogens is 332 g/mol. The van der Waals surface area contributed by atoms with Crippen LogP contribution in [0.1, 0.15) is 28.4 Å². The molecule has 0 aliphatic rings. The van der Waals surface area contributed by atoms with Gasteiger partial charge in [0, 0.05) is 4.47 Å². The van der Waals surface area contributed by atoms with E-state index < -0.39 is 6.10 Å². The molecule has 0 spiro atoms. The minimum absolute atomic E-state index is 0.618. The predicted molar refractivity (Wildman–Crippen MR) is 87.2 cm³/mol. The molecule has 0 aliphatic carbocycles. The van der Waals surface area contributed by atoms with Gasteiger partial charge >= 0.3 is 0 Å². The van der Waals surface area contributed by atoms with Crippen molar-refractivity contribution in [2.24, 2.45) is 0 Å². The Labute approximate surface area is 133 Å². The van der Waals surface area contributed by atoms with Gasteiger partial charge in [-0.25, -0.2) is 0 Å². The normalized spacial score (nSPS) is 12.1. The molecule has 1 N–H and O–H groups in total. The zero-order chi connectivity index (χ0) is 15.6. The van der Waals surface area contributed by atoms with Gasteiger partial charge in [0.25, 0.3) is 0 Å². The summed E-state index contributed by atoms with van der Waals surface area (Å²) in [4.78, 5) is 0. The Morgan fingerprint density at radius 3 is 2.05 bits per heavy atom. The topological polar surface area (TPSA) is 38.7 Å². The third kappa shape index (κ3) is 3.22. The Morgan fingerprint density at radius 2 is 1.48 bits per heavy atom. The molecule has 4 heteroatoms. The highest BCUT2D eigenvalue weighted by atomic mass is 79.9. The fraction of sp³-hybridized carbons (Fsp3) is 0.294. The largest absolute Gasteiger partial charge is 0.493 e. The van der Waals surface area contributed by atoms with E-state index in [-0.39, 0.29) is 0 Å². The molecule has 0 saturated heterocycles. The van der Waals surface area contributed by atoms with E-state index in [9.17, 15) is 5.11 Å². The lowest BCUT2D eigenvalue weighted by Crippen LogP contribution is -2.05. The highest BCUT2D eigenvalue weighted by molar-refractivity contribution is 9.10. The number of hydrogen-bond acceptors (Lipinski definition) is 3. The van der Waals surface area contributed by atoms with Gasteiger partial charge in [-0.05, 0) is 60.4 Å². The Bertz CT molecular complexity index is 653. The summed E-state index contributed by atoms with van der Waals surface area (Å²) in [5, 5.41) is 10.7. The minimum Gasteiger partial charge on any atom is -0.493 e. The zero-order valence-electron chi connectivity index (χ0n) is 12.6. The van der Waals surface area contributed by atoms with Crippen LogP contribution >= 0.6 is 15.9 Å². The summed E-state index contributed by atoms with van der Waals surface area (Å²) in [5.41, 5.74) is 3.69. The van der Waals surface area contributed by atoms with Crippen LogP contribution in [-0.2, 0) is 0 Å². The molecule has 0 aromatic heterocycles. The van der Waals surface area contributed by atoms with Crippen molar-refractivity contribution >= 4 is 15.9 Å². The minimum atomic E-state index is -0.696. The maximum absolute atomic E-state index is 10.7. The van der Waals surface area contributed by atoms with E-state index in [1.54, 1.807) is 14.2 Å². The van der Waals surface area contributed by atoms with Crippen molar-refractivity contribution in [3.05, 3.63) is 57.1 Å².